The molecule has 1 aliphatic rings. The van der Waals surface area contributed by atoms with Gasteiger partial charge in [0.05, 0.1) is 23.0 Å². The van der Waals surface area contributed by atoms with E-state index in [1.54, 1.807) is 30.4 Å². The molecule has 4 aromatic rings. The first-order valence-electron chi connectivity index (χ1n) is 13.3. The second kappa shape index (κ2) is 11.1. The van der Waals surface area contributed by atoms with Crippen LogP contribution in [0.2, 0.25) is 0 Å². The lowest BCUT2D eigenvalue weighted by Gasteiger charge is -2.35. The molecule has 5 rings (SSSR count). The fourth-order valence-electron chi connectivity index (χ4n) is 5.40. The molecule has 0 spiro atoms. The van der Waals surface area contributed by atoms with Crippen LogP contribution >= 0.6 is 0 Å². The third kappa shape index (κ3) is 5.22. The number of fused-ring (bicyclic) bond motifs is 1. The number of rotatable bonds is 7. The Morgan fingerprint density at radius 2 is 1.87 bits per heavy atom. The van der Waals surface area contributed by atoms with Crippen molar-refractivity contribution in [3.63, 3.8) is 0 Å². The molecule has 1 N–H and O–H groups in total. The predicted molar refractivity (Wildman–Crippen MR) is 148 cm³/mol. The maximum atomic E-state index is 14.3. The summed E-state index contributed by atoms with van der Waals surface area (Å²) in [4.78, 5) is 21.4. The van der Waals surface area contributed by atoms with Crippen LogP contribution in [0.5, 0.6) is 0 Å². The van der Waals surface area contributed by atoms with Gasteiger partial charge in [-0.25, -0.2) is 4.39 Å². The molecule has 3 heterocycles. The molecular weight excluding hydrogens is 479 g/mol. The monoisotopic (exact) mass is 514 g/mol. The van der Waals surface area contributed by atoms with Gasteiger partial charge in [0.1, 0.15) is 12.0 Å². The smallest absolute Gasteiger partial charge is 0.256 e. The number of amides is 1. The molecule has 2 aromatic heterocycles. The van der Waals surface area contributed by atoms with Crippen LogP contribution in [-0.4, -0.2) is 62.8 Å². The van der Waals surface area contributed by atoms with Crippen molar-refractivity contribution in [2.75, 3.05) is 20.1 Å². The van der Waals surface area contributed by atoms with E-state index in [1.165, 1.54) is 17.7 Å². The standard InChI is InChI=1S/C31H35FN4O2/c1-21(2)34(3)31(38)26-18-24(32)9-10-28(26)36-20-27(25-11-14-33-19-29(25)36)23-12-15-35(16-13-23)30(37)17-22-7-5-4-6-8-22/h4-11,14,18-21,23,30,37H,12-13,15-17H2,1-3H3. The third-order valence-electron chi connectivity index (χ3n) is 7.83. The Morgan fingerprint density at radius 3 is 2.58 bits per heavy atom. The van der Waals surface area contributed by atoms with Gasteiger partial charge in [-0.15, -0.1) is 0 Å². The van der Waals surface area contributed by atoms with Crippen LogP contribution in [0, 0.1) is 5.82 Å². The number of nitrogens with zero attached hydrogens (tertiary/aromatic N) is 4. The van der Waals surface area contributed by atoms with E-state index in [2.05, 4.69) is 16.1 Å². The molecule has 7 heteroatoms. The van der Waals surface area contributed by atoms with E-state index in [0.717, 1.165) is 42.4 Å². The number of piperidine rings is 1. The number of carbonyl (C=O) groups excluding carboxylic acids is 1. The average Bonchev–Trinajstić information content (AvgIpc) is 3.32. The lowest BCUT2D eigenvalue weighted by atomic mass is 9.89. The SMILES string of the molecule is CC(C)N(C)C(=O)c1cc(F)ccc1-n1cc(C2CCN(C(O)Cc3ccccc3)CC2)c2ccncc21. The fraction of sp³-hybridized carbons (Fsp3) is 0.355. The first-order chi connectivity index (χ1) is 18.3. The van der Waals surface area contributed by atoms with Gasteiger partial charge in [-0.2, -0.15) is 0 Å². The van der Waals surface area contributed by atoms with Crippen molar-refractivity contribution in [3.05, 3.63) is 95.7 Å². The van der Waals surface area contributed by atoms with E-state index in [4.69, 9.17) is 0 Å². The highest BCUT2D eigenvalue weighted by Gasteiger charge is 2.28. The highest BCUT2D eigenvalue weighted by Crippen LogP contribution is 2.36. The van der Waals surface area contributed by atoms with E-state index in [-0.39, 0.29) is 11.9 Å². The Balaban J connectivity index is 1.43. The molecule has 0 aliphatic carbocycles. The van der Waals surface area contributed by atoms with Crippen molar-refractivity contribution in [1.82, 2.24) is 19.4 Å². The van der Waals surface area contributed by atoms with Gasteiger partial charge in [0, 0.05) is 50.4 Å². The lowest BCUT2D eigenvalue weighted by Crippen LogP contribution is -2.42. The summed E-state index contributed by atoms with van der Waals surface area (Å²) in [5.41, 5.74) is 4.18. The van der Waals surface area contributed by atoms with E-state index in [1.807, 2.05) is 54.8 Å². The van der Waals surface area contributed by atoms with E-state index in [9.17, 15) is 14.3 Å². The number of hydrogen-bond acceptors (Lipinski definition) is 4. The molecule has 198 valence electrons. The maximum absolute atomic E-state index is 14.3. The first kappa shape index (κ1) is 26.1. The van der Waals surface area contributed by atoms with Crippen molar-refractivity contribution >= 4 is 16.8 Å². The highest BCUT2D eigenvalue weighted by atomic mass is 19.1. The van der Waals surface area contributed by atoms with Gasteiger partial charge in [0.2, 0.25) is 0 Å². The minimum absolute atomic E-state index is 0.0142. The Kier molecular flexibility index (Phi) is 7.58. The van der Waals surface area contributed by atoms with Gasteiger partial charge in [0.15, 0.2) is 0 Å². The van der Waals surface area contributed by atoms with Crippen LogP contribution in [0.3, 0.4) is 0 Å². The van der Waals surface area contributed by atoms with E-state index < -0.39 is 12.0 Å². The number of aliphatic hydroxyl groups is 1. The van der Waals surface area contributed by atoms with Gasteiger partial charge in [-0.1, -0.05) is 30.3 Å². The van der Waals surface area contributed by atoms with Crippen LogP contribution in [0.4, 0.5) is 4.39 Å². The van der Waals surface area contributed by atoms with Crippen LogP contribution in [0.25, 0.3) is 16.6 Å². The molecule has 0 saturated carbocycles. The summed E-state index contributed by atoms with van der Waals surface area (Å²) < 4.78 is 16.3. The zero-order chi connectivity index (χ0) is 26.8. The number of pyridine rings is 1. The molecule has 1 fully saturated rings. The number of aromatic nitrogens is 2. The zero-order valence-electron chi connectivity index (χ0n) is 22.2. The van der Waals surface area contributed by atoms with Gasteiger partial charge >= 0.3 is 0 Å². The molecule has 38 heavy (non-hydrogen) atoms. The van der Waals surface area contributed by atoms with Crippen LogP contribution < -0.4 is 0 Å². The minimum atomic E-state index is -0.505. The van der Waals surface area contributed by atoms with Crippen molar-refractivity contribution in [1.29, 1.82) is 0 Å². The molecule has 1 saturated heterocycles. The Hall–Kier alpha value is -3.55. The van der Waals surface area contributed by atoms with Crippen molar-refractivity contribution in [2.24, 2.45) is 0 Å². The quantitative estimate of drug-likeness (QED) is 0.360. The van der Waals surface area contributed by atoms with Gasteiger partial charge in [-0.05, 0) is 68.0 Å². The highest BCUT2D eigenvalue weighted by molar-refractivity contribution is 5.99. The molecule has 1 atom stereocenters. The zero-order valence-corrected chi connectivity index (χ0v) is 22.2. The van der Waals surface area contributed by atoms with E-state index >= 15 is 0 Å². The Bertz CT molecular complexity index is 1410. The largest absolute Gasteiger partial charge is 0.378 e. The van der Waals surface area contributed by atoms with Crippen molar-refractivity contribution in [3.8, 4) is 5.69 Å². The number of benzene rings is 2. The summed E-state index contributed by atoms with van der Waals surface area (Å²) >= 11 is 0. The lowest BCUT2D eigenvalue weighted by molar-refractivity contribution is -0.0102. The number of halogens is 1. The van der Waals surface area contributed by atoms with Crippen LogP contribution in [0.15, 0.2) is 73.2 Å². The summed E-state index contributed by atoms with van der Waals surface area (Å²) in [6.07, 6.45) is 7.63. The predicted octanol–water partition coefficient (Wildman–Crippen LogP) is 5.39. The molecule has 0 radical (unpaired) electrons. The Morgan fingerprint density at radius 1 is 1.13 bits per heavy atom. The third-order valence-corrected chi connectivity index (χ3v) is 7.83. The van der Waals surface area contributed by atoms with Crippen LogP contribution in [0.1, 0.15) is 54.1 Å². The van der Waals surface area contributed by atoms with Crippen molar-refractivity contribution < 1.29 is 14.3 Å². The number of carbonyl (C=O) groups is 1. The summed E-state index contributed by atoms with van der Waals surface area (Å²) in [5.74, 6) is -0.354. The number of aliphatic hydroxyl groups excluding tert-OH is 1. The topological polar surface area (TPSA) is 61.6 Å². The summed E-state index contributed by atoms with van der Waals surface area (Å²) in [6, 6.07) is 16.5. The van der Waals surface area contributed by atoms with Gasteiger partial charge < -0.3 is 14.6 Å². The number of hydrogen-bond donors (Lipinski definition) is 1. The van der Waals surface area contributed by atoms with Gasteiger partial charge in [-0.3, -0.25) is 14.7 Å². The second-order valence-corrected chi connectivity index (χ2v) is 10.5. The van der Waals surface area contributed by atoms with Gasteiger partial charge in [0.25, 0.3) is 5.91 Å². The van der Waals surface area contributed by atoms with E-state index in [0.29, 0.717) is 23.6 Å². The van der Waals surface area contributed by atoms with Crippen molar-refractivity contribution in [2.45, 2.75) is 51.3 Å². The molecular formula is C31H35FN4O2. The molecule has 6 nitrogen and oxygen atoms in total. The summed E-state index contributed by atoms with van der Waals surface area (Å²) in [5, 5.41) is 11.9. The summed E-state index contributed by atoms with van der Waals surface area (Å²) in [7, 11) is 1.74. The molecule has 1 aliphatic heterocycles. The molecule has 2 aromatic carbocycles. The fourth-order valence-corrected chi connectivity index (χ4v) is 5.40. The average molecular weight is 515 g/mol. The number of likely N-dealkylation sites (tertiary alicyclic amines) is 1. The Labute approximate surface area is 223 Å². The molecule has 1 unspecified atom stereocenters. The van der Waals surface area contributed by atoms with Crippen LogP contribution in [-0.2, 0) is 6.42 Å². The molecule has 1 amide bonds. The first-order valence-corrected chi connectivity index (χ1v) is 13.3. The normalized spacial score (nSPS) is 15.7. The maximum Gasteiger partial charge on any atom is 0.256 e. The summed E-state index contributed by atoms with van der Waals surface area (Å²) in [6.45, 7) is 5.48. The second-order valence-electron chi connectivity index (χ2n) is 10.5. The molecule has 0 bridgehead atoms. The minimum Gasteiger partial charge on any atom is -0.378 e.